The highest BCUT2D eigenvalue weighted by Gasteiger charge is 2.26. The highest BCUT2D eigenvalue weighted by atomic mass is 32.2. The monoisotopic (exact) mass is 256 g/mol. The summed E-state index contributed by atoms with van der Waals surface area (Å²) in [6.07, 6.45) is 0. The van der Waals surface area contributed by atoms with Crippen LogP contribution < -0.4 is 0 Å². The summed E-state index contributed by atoms with van der Waals surface area (Å²) in [7, 11) is -0.198. The molecule has 1 aromatic carbocycles. The summed E-state index contributed by atoms with van der Waals surface area (Å²) < 4.78 is 16.9. The maximum atomic E-state index is 12.1. The maximum absolute atomic E-state index is 12.1. The van der Waals surface area contributed by atoms with Crippen LogP contribution in [0.5, 0.6) is 0 Å². The lowest BCUT2D eigenvalue weighted by molar-refractivity contribution is -0.137. The molecule has 0 aliphatic heterocycles. The molecule has 0 amide bonds. The number of benzene rings is 1. The zero-order valence-electron chi connectivity index (χ0n) is 10.1. The van der Waals surface area contributed by atoms with Crippen LogP contribution in [0.25, 0.3) is 0 Å². The summed E-state index contributed by atoms with van der Waals surface area (Å²) in [4.78, 5) is 11.5. The molecule has 5 heteroatoms. The summed E-state index contributed by atoms with van der Waals surface area (Å²) in [6.45, 7) is 3.79. The standard InChI is InChI=1S/C12H16O4S/c1-8-4-5-10(6-9(8)2)17(15)11(7-16-3)12(13)14/h4-6,11H,7H2,1-3H3,(H,13,14). The van der Waals surface area contributed by atoms with E-state index in [9.17, 15) is 9.00 Å². The number of aryl methyl sites for hydroxylation is 2. The van der Waals surface area contributed by atoms with E-state index in [4.69, 9.17) is 9.84 Å². The van der Waals surface area contributed by atoms with Crippen LogP contribution >= 0.6 is 0 Å². The third-order valence-corrected chi connectivity index (χ3v) is 4.14. The van der Waals surface area contributed by atoms with Crippen molar-refractivity contribution in [1.82, 2.24) is 0 Å². The fourth-order valence-corrected chi connectivity index (χ4v) is 2.65. The summed E-state index contributed by atoms with van der Waals surface area (Å²) >= 11 is 0. The zero-order valence-corrected chi connectivity index (χ0v) is 10.9. The largest absolute Gasteiger partial charge is 0.480 e. The number of aliphatic carboxylic acids is 1. The zero-order chi connectivity index (χ0) is 13.0. The highest BCUT2D eigenvalue weighted by Crippen LogP contribution is 2.16. The van der Waals surface area contributed by atoms with E-state index < -0.39 is 22.0 Å². The topological polar surface area (TPSA) is 63.6 Å². The van der Waals surface area contributed by atoms with E-state index in [1.54, 1.807) is 12.1 Å². The summed E-state index contributed by atoms with van der Waals surface area (Å²) in [6, 6.07) is 5.30. The predicted octanol–water partition coefficient (Wildman–Crippen LogP) is 1.51. The SMILES string of the molecule is COCC(C(=O)O)S(=O)c1ccc(C)c(C)c1. The molecule has 0 aliphatic rings. The third-order valence-electron chi connectivity index (χ3n) is 2.56. The van der Waals surface area contributed by atoms with Gasteiger partial charge in [0.2, 0.25) is 0 Å². The molecule has 1 rings (SSSR count). The van der Waals surface area contributed by atoms with Gasteiger partial charge in [0.05, 0.1) is 17.4 Å². The number of ether oxygens (including phenoxy) is 1. The van der Waals surface area contributed by atoms with E-state index in [-0.39, 0.29) is 6.61 Å². The van der Waals surface area contributed by atoms with Crippen LogP contribution in [0.2, 0.25) is 0 Å². The Morgan fingerprint density at radius 3 is 2.53 bits per heavy atom. The van der Waals surface area contributed by atoms with Crippen molar-refractivity contribution in [2.24, 2.45) is 0 Å². The fourth-order valence-electron chi connectivity index (χ4n) is 1.38. The van der Waals surface area contributed by atoms with Crippen LogP contribution in [0.3, 0.4) is 0 Å². The second-order valence-electron chi connectivity index (χ2n) is 3.83. The van der Waals surface area contributed by atoms with Crippen molar-refractivity contribution in [1.29, 1.82) is 0 Å². The number of carboxylic acid groups (broad SMARTS) is 1. The Kier molecular flexibility index (Phi) is 4.84. The lowest BCUT2D eigenvalue weighted by Crippen LogP contribution is -2.30. The Labute approximate surface area is 103 Å². The van der Waals surface area contributed by atoms with Crippen LogP contribution in [0.15, 0.2) is 23.1 Å². The minimum atomic E-state index is -1.59. The van der Waals surface area contributed by atoms with E-state index >= 15 is 0 Å². The molecule has 1 N–H and O–H groups in total. The molecule has 94 valence electrons. The molecule has 0 saturated heterocycles. The normalized spacial score (nSPS) is 14.3. The van der Waals surface area contributed by atoms with Crippen molar-refractivity contribution in [3.8, 4) is 0 Å². The van der Waals surface area contributed by atoms with Crippen LogP contribution in [-0.4, -0.2) is 34.3 Å². The molecular formula is C12H16O4S. The van der Waals surface area contributed by atoms with Crippen LogP contribution in [0.4, 0.5) is 0 Å². The first-order valence-electron chi connectivity index (χ1n) is 5.17. The predicted molar refractivity (Wildman–Crippen MR) is 65.6 cm³/mol. The van der Waals surface area contributed by atoms with Crippen LogP contribution in [0.1, 0.15) is 11.1 Å². The van der Waals surface area contributed by atoms with E-state index in [1.165, 1.54) is 7.11 Å². The number of rotatable bonds is 5. The lowest BCUT2D eigenvalue weighted by atomic mass is 10.1. The Morgan fingerprint density at radius 2 is 2.06 bits per heavy atom. The van der Waals surface area contributed by atoms with Gasteiger partial charge < -0.3 is 9.84 Å². The van der Waals surface area contributed by atoms with E-state index in [1.807, 2.05) is 19.9 Å². The Morgan fingerprint density at radius 1 is 1.41 bits per heavy atom. The van der Waals surface area contributed by atoms with Gasteiger partial charge in [0.1, 0.15) is 0 Å². The first kappa shape index (κ1) is 13.9. The molecule has 0 bridgehead atoms. The molecule has 0 heterocycles. The number of methoxy groups -OCH3 is 1. The molecule has 2 atom stereocenters. The minimum Gasteiger partial charge on any atom is -0.480 e. The lowest BCUT2D eigenvalue weighted by Gasteiger charge is -2.12. The first-order chi connectivity index (χ1) is 7.97. The van der Waals surface area contributed by atoms with Gasteiger partial charge in [0.15, 0.2) is 5.25 Å². The Bertz CT molecular complexity index is 442. The van der Waals surface area contributed by atoms with E-state index in [2.05, 4.69) is 0 Å². The van der Waals surface area contributed by atoms with Gasteiger partial charge in [0.25, 0.3) is 0 Å². The van der Waals surface area contributed by atoms with E-state index in [0.29, 0.717) is 4.90 Å². The van der Waals surface area contributed by atoms with Gasteiger partial charge in [-0.05, 0) is 37.1 Å². The van der Waals surface area contributed by atoms with Gasteiger partial charge in [-0.3, -0.25) is 9.00 Å². The van der Waals surface area contributed by atoms with Crippen molar-refractivity contribution in [2.75, 3.05) is 13.7 Å². The van der Waals surface area contributed by atoms with Crippen molar-refractivity contribution in [2.45, 2.75) is 24.0 Å². The van der Waals surface area contributed by atoms with Gasteiger partial charge in [-0.1, -0.05) is 6.07 Å². The number of hydrogen-bond donors (Lipinski definition) is 1. The minimum absolute atomic E-state index is 0.0606. The fraction of sp³-hybridized carbons (Fsp3) is 0.417. The van der Waals surface area contributed by atoms with Gasteiger partial charge in [-0.25, -0.2) is 0 Å². The number of carbonyl (C=O) groups is 1. The van der Waals surface area contributed by atoms with Crippen molar-refractivity contribution in [3.05, 3.63) is 29.3 Å². The van der Waals surface area contributed by atoms with Crippen LogP contribution in [0, 0.1) is 13.8 Å². The molecule has 0 radical (unpaired) electrons. The van der Waals surface area contributed by atoms with Crippen molar-refractivity contribution >= 4 is 16.8 Å². The number of carboxylic acids is 1. The number of hydrogen-bond acceptors (Lipinski definition) is 3. The Balaban J connectivity index is 3.01. The third kappa shape index (κ3) is 3.38. The maximum Gasteiger partial charge on any atom is 0.322 e. The molecule has 1 aromatic rings. The molecule has 0 fully saturated rings. The molecular weight excluding hydrogens is 240 g/mol. The van der Waals surface area contributed by atoms with Crippen molar-refractivity contribution < 1.29 is 18.8 Å². The molecule has 2 unspecified atom stereocenters. The summed E-state index contributed by atoms with van der Waals surface area (Å²) in [5, 5.41) is 7.96. The molecule has 0 saturated carbocycles. The quantitative estimate of drug-likeness (QED) is 0.867. The molecule has 0 spiro atoms. The average molecular weight is 256 g/mol. The summed E-state index contributed by atoms with van der Waals surface area (Å²) in [5.74, 6) is -1.11. The van der Waals surface area contributed by atoms with Gasteiger partial charge >= 0.3 is 5.97 Å². The highest BCUT2D eigenvalue weighted by molar-refractivity contribution is 7.86. The Hall–Kier alpha value is -1.20. The molecule has 4 nitrogen and oxygen atoms in total. The second kappa shape index (κ2) is 5.93. The first-order valence-corrected chi connectivity index (χ1v) is 6.38. The van der Waals surface area contributed by atoms with Crippen LogP contribution in [-0.2, 0) is 20.3 Å². The second-order valence-corrected chi connectivity index (χ2v) is 5.46. The van der Waals surface area contributed by atoms with E-state index in [0.717, 1.165) is 11.1 Å². The van der Waals surface area contributed by atoms with Gasteiger partial charge in [-0.2, -0.15) is 0 Å². The van der Waals surface area contributed by atoms with Crippen molar-refractivity contribution in [3.63, 3.8) is 0 Å². The average Bonchev–Trinajstić information content (AvgIpc) is 2.28. The van der Waals surface area contributed by atoms with Gasteiger partial charge in [-0.15, -0.1) is 0 Å². The molecule has 17 heavy (non-hydrogen) atoms. The summed E-state index contributed by atoms with van der Waals surface area (Å²) in [5.41, 5.74) is 2.08. The molecule has 0 aliphatic carbocycles. The molecule has 0 aromatic heterocycles. The van der Waals surface area contributed by atoms with Gasteiger partial charge in [0, 0.05) is 12.0 Å². The smallest absolute Gasteiger partial charge is 0.322 e.